The third-order valence-electron chi connectivity index (χ3n) is 3.66. The Hall–Kier alpha value is -3.38. The van der Waals surface area contributed by atoms with Gasteiger partial charge in [0.1, 0.15) is 11.4 Å². The minimum absolute atomic E-state index is 0.222. The molecule has 0 amide bonds. The number of alkyl halides is 6. The Balaban J connectivity index is 2.11. The molecule has 3 aromatic heterocycles. The summed E-state index contributed by atoms with van der Waals surface area (Å²) in [4.78, 5) is 23.2. The first kappa shape index (κ1) is 21.3. The third kappa shape index (κ3) is 4.60. The largest absolute Gasteiger partial charge is 0.494 e. The monoisotopic (exact) mass is 434 g/mol. The Morgan fingerprint density at radius 3 is 2.30 bits per heavy atom. The number of halogens is 6. The van der Waals surface area contributed by atoms with Crippen molar-refractivity contribution in [3.8, 4) is 22.9 Å². The summed E-state index contributed by atoms with van der Waals surface area (Å²) in [6, 6.07) is 1.84. The molecule has 0 N–H and O–H groups in total. The highest BCUT2D eigenvalue weighted by Gasteiger charge is 2.38. The second-order valence-electron chi connectivity index (χ2n) is 5.82. The molecule has 0 atom stereocenters. The van der Waals surface area contributed by atoms with Crippen LogP contribution in [0, 0.1) is 0 Å². The smallest absolute Gasteiger partial charge is 0.434 e. The van der Waals surface area contributed by atoms with E-state index in [0.717, 1.165) is 16.8 Å². The van der Waals surface area contributed by atoms with Gasteiger partial charge in [-0.05, 0) is 13.0 Å². The lowest BCUT2D eigenvalue weighted by Gasteiger charge is -2.14. The molecule has 0 saturated carbocycles. The van der Waals surface area contributed by atoms with Crippen LogP contribution in [0.25, 0.3) is 16.8 Å². The average molecular weight is 434 g/mol. The van der Waals surface area contributed by atoms with E-state index in [2.05, 4.69) is 19.7 Å². The molecule has 160 valence electrons. The van der Waals surface area contributed by atoms with Crippen molar-refractivity contribution in [2.45, 2.75) is 19.3 Å². The summed E-state index contributed by atoms with van der Waals surface area (Å²) in [5, 5.41) is 0. The molecule has 0 aliphatic rings. The van der Waals surface area contributed by atoms with Crippen LogP contribution in [0.5, 0.6) is 11.8 Å². The number of fused-ring (bicyclic) bond motifs is 1. The Labute approximate surface area is 163 Å². The van der Waals surface area contributed by atoms with Gasteiger partial charge >= 0.3 is 18.4 Å². The molecule has 3 rings (SSSR count). The van der Waals surface area contributed by atoms with Crippen molar-refractivity contribution in [1.82, 2.24) is 19.4 Å². The molecule has 3 heterocycles. The number of pyridine rings is 1. The molecule has 0 fully saturated rings. The van der Waals surface area contributed by atoms with Crippen LogP contribution in [0.1, 0.15) is 12.6 Å². The Kier molecular flexibility index (Phi) is 5.55. The summed E-state index contributed by atoms with van der Waals surface area (Å²) in [5.41, 5.74) is -4.10. The van der Waals surface area contributed by atoms with E-state index < -0.39 is 41.8 Å². The molecule has 13 heteroatoms. The molecule has 0 unspecified atom stereocenters. The van der Waals surface area contributed by atoms with Gasteiger partial charge in [-0.1, -0.05) is 0 Å². The first-order chi connectivity index (χ1) is 14.0. The summed E-state index contributed by atoms with van der Waals surface area (Å²) >= 11 is 0. The first-order valence-corrected chi connectivity index (χ1v) is 8.28. The van der Waals surface area contributed by atoms with Gasteiger partial charge in [0.2, 0.25) is 0 Å². The Morgan fingerprint density at radius 2 is 1.73 bits per heavy atom. The summed E-state index contributed by atoms with van der Waals surface area (Å²) in [5.74, 6) is 0.222. The fourth-order valence-corrected chi connectivity index (χ4v) is 2.51. The second kappa shape index (κ2) is 7.80. The summed E-state index contributed by atoms with van der Waals surface area (Å²) in [6.45, 7) is 0.253. The topological polar surface area (TPSA) is 78.6 Å². The number of hydrogen-bond acceptors (Lipinski definition) is 6. The normalized spacial score (nSPS) is 12.2. The lowest BCUT2D eigenvalue weighted by atomic mass is 10.1. The highest BCUT2D eigenvalue weighted by Crippen LogP contribution is 2.34. The summed E-state index contributed by atoms with van der Waals surface area (Å²) < 4.78 is 87.7. The van der Waals surface area contributed by atoms with E-state index >= 15 is 0 Å². The van der Waals surface area contributed by atoms with E-state index in [9.17, 15) is 31.1 Å². The van der Waals surface area contributed by atoms with E-state index in [1.807, 2.05) is 0 Å². The third-order valence-corrected chi connectivity index (χ3v) is 3.66. The maximum atomic E-state index is 13.6. The van der Waals surface area contributed by atoms with Crippen molar-refractivity contribution in [2.24, 2.45) is 0 Å². The van der Waals surface area contributed by atoms with Crippen molar-refractivity contribution < 1.29 is 35.8 Å². The van der Waals surface area contributed by atoms with Gasteiger partial charge in [0.15, 0.2) is 12.3 Å². The number of nitrogens with zero attached hydrogens (tertiary/aromatic N) is 4. The molecule has 0 spiro atoms. The second-order valence-corrected chi connectivity index (χ2v) is 5.82. The van der Waals surface area contributed by atoms with Crippen molar-refractivity contribution in [3.05, 3.63) is 46.8 Å². The van der Waals surface area contributed by atoms with Crippen LogP contribution in [-0.4, -0.2) is 38.7 Å². The maximum Gasteiger partial charge on any atom is 0.434 e. The van der Waals surface area contributed by atoms with Gasteiger partial charge in [-0.2, -0.15) is 26.3 Å². The van der Waals surface area contributed by atoms with Crippen LogP contribution in [0.2, 0.25) is 0 Å². The van der Waals surface area contributed by atoms with Crippen LogP contribution in [0.15, 0.2) is 35.5 Å². The standard InChI is InChI=1S/C17H12F6N4O3/c1-2-29-10-3-4-27-11(5-10)26-13(17(21,22)23)12(14(27)28)9-6-24-15(25-7-9)30-8-16(18,19)20/h3-7H,2,8H2,1H3. The molecular formula is C17H12F6N4O3. The van der Waals surface area contributed by atoms with Gasteiger partial charge in [-0.25, -0.2) is 15.0 Å². The van der Waals surface area contributed by atoms with E-state index in [1.54, 1.807) is 6.92 Å². The molecule has 0 saturated heterocycles. The predicted octanol–water partition coefficient (Wildman–Crippen LogP) is 3.51. The molecule has 0 aromatic carbocycles. The highest BCUT2D eigenvalue weighted by atomic mass is 19.4. The minimum atomic E-state index is -5.00. The Morgan fingerprint density at radius 1 is 1.07 bits per heavy atom. The van der Waals surface area contributed by atoms with Crippen LogP contribution in [0.4, 0.5) is 26.3 Å². The SMILES string of the molecule is CCOc1ccn2c(=O)c(-c3cnc(OCC(F)(F)F)nc3)c(C(F)(F)F)nc2c1. The average Bonchev–Trinajstić information content (AvgIpc) is 2.66. The fourth-order valence-electron chi connectivity index (χ4n) is 2.51. The minimum Gasteiger partial charge on any atom is -0.494 e. The zero-order chi connectivity index (χ0) is 22.1. The molecule has 0 aliphatic carbocycles. The van der Waals surface area contributed by atoms with E-state index in [-0.39, 0.29) is 23.6 Å². The van der Waals surface area contributed by atoms with Crippen LogP contribution in [0.3, 0.4) is 0 Å². The van der Waals surface area contributed by atoms with Gasteiger partial charge in [-0.15, -0.1) is 0 Å². The summed E-state index contributed by atoms with van der Waals surface area (Å²) in [7, 11) is 0. The van der Waals surface area contributed by atoms with Crippen LogP contribution < -0.4 is 15.0 Å². The molecule has 3 aromatic rings. The highest BCUT2D eigenvalue weighted by molar-refractivity contribution is 5.66. The van der Waals surface area contributed by atoms with Crippen LogP contribution in [-0.2, 0) is 6.18 Å². The molecule has 30 heavy (non-hydrogen) atoms. The van der Waals surface area contributed by atoms with Crippen LogP contribution >= 0.6 is 0 Å². The van der Waals surface area contributed by atoms with Crippen molar-refractivity contribution in [2.75, 3.05) is 13.2 Å². The number of rotatable bonds is 5. The molecule has 0 bridgehead atoms. The van der Waals surface area contributed by atoms with Crippen molar-refractivity contribution >= 4 is 5.65 Å². The Bertz CT molecular complexity index is 1110. The molecule has 7 nitrogen and oxygen atoms in total. The maximum absolute atomic E-state index is 13.6. The lowest BCUT2D eigenvalue weighted by molar-refractivity contribution is -0.154. The quantitative estimate of drug-likeness (QED) is 0.572. The zero-order valence-electron chi connectivity index (χ0n) is 15.1. The van der Waals surface area contributed by atoms with Gasteiger partial charge in [-0.3, -0.25) is 9.20 Å². The van der Waals surface area contributed by atoms with Crippen molar-refractivity contribution in [1.29, 1.82) is 0 Å². The molecule has 0 radical (unpaired) electrons. The van der Waals surface area contributed by atoms with E-state index in [4.69, 9.17) is 4.74 Å². The number of hydrogen-bond donors (Lipinski definition) is 0. The van der Waals surface area contributed by atoms with Gasteiger partial charge in [0.25, 0.3) is 5.56 Å². The van der Waals surface area contributed by atoms with Crippen molar-refractivity contribution in [3.63, 3.8) is 0 Å². The summed E-state index contributed by atoms with van der Waals surface area (Å²) in [6.07, 6.45) is -6.94. The van der Waals surface area contributed by atoms with E-state index in [0.29, 0.717) is 0 Å². The number of ether oxygens (including phenoxy) is 2. The predicted molar refractivity (Wildman–Crippen MR) is 90.2 cm³/mol. The zero-order valence-corrected chi connectivity index (χ0v) is 15.1. The molecular weight excluding hydrogens is 422 g/mol. The van der Waals surface area contributed by atoms with Gasteiger partial charge < -0.3 is 9.47 Å². The van der Waals surface area contributed by atoms with Gasteiger partial charge in [0, 0.05) is 30.2 Å². The molecule has 0 aliphatic heterocycles. The van der Waals surface area contributed by atoms with E-state index in [1.165, 1.54) is 18.3 Å². The fraction of sp³-hybridized carbons (Fsp3) is 0.294. The number of aromatic nitrogens is 4. The lowest BCUT2D eigenvalue weighted by Crippen LogP contribution is -2.24. The first-order valence-electron chi connectivity index (χ1n) is 8.28. The van der Waals surface area contributed by atoms with Gasteiger partial charge in [0.05, 0.1) is 12.2 Å².